The molecule has 0 aliphatic rings. The summed E-state index contributed by atoms with van der Waals surface area (Å²) in [6, 6.07) is 47.5. The van der Waals surface area contributed by atoms with Crippen LogP contribution in [0.2, 0.25) is 0 Å². The second kappa shape index (κ2) is 22.7. The molecule has 0 radical (unpaired) electrons. The molecule has 0 spiro atoms. The second-order valence-corrected chi connectivity index (χ2v) is 12.9. The Hall–Kier alpha value is -6.96. The van der Waals surface area contributed by atoms with E-state index in [0.717, 1.165) is 79.1 Å². The first-order valence-corrected chi connectivity index (χ1v) is 18.7. The molecule has 0 saturated carbocycles. The van der Waals surface area contributed by atoms with Crippen LogP contribution in [0, 0.1) is 0 Å². The smallest absolute Gasteiger partial charge is 0.118 e. The number of allylic oxidation sites excluding steroid dienone is 2. The van der Waals surface area contributed by atoms with Gasteiger partial charge in [0, 0.05) is 56.7 Å². The molecule has 8 aromatic rings. The Balaban J connectivity index is 0.000000213. The van der Waals surface area contributed by atoms with Crippen molar-refractivity contribution in [2.45, 2.75) is 13.8 Å². The molecule has 0 atom stereocenters. The normalized spacial score (nSPS) is 10.8. The van der Waals surface area contributed by atoms with Crippen LogP contribution in [0.25, 0.3) is 57.5 Å². The minimum Gasteiger partial charge on any atom is -0.497 e. The maximum Gasteiger partial charge on any atom is 0.118 e. The van der Waals surface area contributed by atoms with Crippen molar-refractivity contribution in [3.05, 3.63) is 205 Å². The van der Waals surface area contributed by atoms with E-state index in [1.165, 1.54) is 0 Å². The number of nitrogens with zero attached hydrogens (tertiary/aromatic N) is 6. The number of pyridine rings is 6. The number of ether oxygens (including phenoxy) is 2. The van der Waals surface area contributed by atoms with Crippen molar-refractivity contribution < 1.29 is 29.0 Å². The molecule has 8 nitrogen and oxygen atoms in total. The molecule has 6 heterocycles. The third-order valence-corrected chi connectivity index (χ3v) is 8.88. The monoisotopic (exact) mass is 862 g/mol. The van der Waals surface area contributed by atoms with E-state index in [2.05, 4.69) is 68.0 Å². The predicted octanol–water partition coefficient (Wildman–Crippen LogP) is 11.6. The van der Waals surface area contributed by atoms with E-state index in [1.54, 1.807) is 39.0 Å². The Labute approximate surface area is 359 Å². The van der Waals surface area contributed by atoms with Gasteiger partial charge in [-0.1, -0.05) is 60.7 Å². The Bertz CT molecular complexity index is 2260. The van der Waals surface area contributed by atoms with E-state index in [1.807, 2.05) is 146 Å². The summed E-state index contributed by atoms with van der Waals surface area (Å²) < 4.78 is 10.5. The van der Waals surface area contributed by atoms with Gasteiger partial charge in [0.15, 0.2) is 0 Å². The number of benzene rings is 2. The van der Waals surface area contributed by atoms with E-state index in [9.17, 15) is 0 Å². The van der Waals surface area contributed by atoms with Crippen LogP contribution in [0.3, 0.4) is 0 Å². The van der Waals surface area contributed by atoms with Gasteiger partial charge in [-0.25, -0.2) is 0 Å². The summed E-state index contributed by atoms with van der Waals surface area (Å²) in [4.78, 5) is 25.9. The first kappa shape index (κ1) is 43.2. The largest absolute Gasteiger partial charge is 0.497 e. The molecule has 8 rings (SSSR count). The van der Waals surface area contributed by atoms with Crippen molar-refractivity contribution in [1.82, 2.24) is 29.9 Å². The average molecular weight is 862 g/mol. The summed E-state index contributed by atoms with van der Waals surface area (Å²) in [5.41, 5.74) is 12.1. The van der Waals surface area contributed by atoms with Crippen LogP contribution in [0.4, 0.5) is 0 Å². The molecule has 0 aliphatic carbocycles. The zero-order valence-corrected chi connectivity index (χ0v) is 35.1. The van der Waals surface area contributed by atoms with Crippen LogP contribution in [0.15, 0.2) is 183 Å². The van der Waals surface area contributed by atoms with Crippen LogP contribution in [0.5, 0.6) is 11.5 Å². The van der Waals surface area contributed by atoms with Gasteiger partial charge in [0.25, 0.3) is 0 Å². The Morgan fingerprint density at radius 1 is 0.373 bits per heavy atom. The number of hydrogen-bond acceptors (Lipinski definition) is 8. The summed E-state index contributed by atoms with van der Waals surface area (Å²) in [6.45, 7) is 4.21. The van der Waals surface area contributed by atoms with Gasteiger partial charge in [-0.05, 0) is 144 Å². The molecule has 2 aromatic carbocycles. The fourth-order valence-electron chi connectivity index (χ4n) is 5.76. The minimum atomic E-state index is 0. The Kier molecular flexibility index (Phi) is 16.6. The standard InChI is InChI=1S/C30H28N2O2.2C10H8N2.Ru/c1-21(17-23-5-9-27(33-3)10-6-23)25-13-15-31-29(19-25)30-20-26(14-16-32-30)22(2)18-24-7-11-28(34-4)12-8-24;2*1-3-7-11-9(5-1)10-6-2-4-8-12-10;/h5-20H,1-4H3;2*1-8H;/b21-17+,22-18+;;;. The number of methoxy groups -OCH3 is 2. The fourth-order valence-corrected chi connectivity index (χ4v) is 5.76. The zero-order valence-electron chi connectivity index (χ0n) is 33.3. The molecule has 294 valence electrons. The Morgan fingerprint density at radius 3 is 0.949 bits per heavy atom. The molecular weight excluding hydrogens is 818 g/mol. The number of aromatic nitrogens is 6. The fraction of sp³-hybridized carbons (Fsp3) is 0.0800. The van der Waals surface area contributed by atoms with E-state index in [4.69, 9.17) is 9.47 Å². The average Bonchev–Trinajstić information content (AvgIpc) is 3.31. The maximum atomic E-state index is 5.25. The van der Waals surface area contributed by atoms with Crippen LogP contribution in [0.1, 0.15) is 36.1 Å². The first-order valence-electron chi connectivity index (χ1n) is 18.7. The van der Waals surface area contributed by atoms with Crippen molar-refractivity contribution in [1.29, 1.82) is 0 Å². The van der Waals surface area contributed by atoms with Gasteiger partial charge in [0.05, 0.1) is 48.4 Å². The third-order valence-electron chi connectivity index (χ3n) is 8.88. The van der Waals surface area contributed by atoms with Gasteiger partial charge >= 0.3 is 0 Å². The Morgan fingerprint density at radius 2 is 0.678 bits per heavy atom. The van der Waals surface area contributed by atoms with Crippen molar-refractivity contribution in [2.24, 2.45) is 0 Å². The minimum absolute atomic E-state index is 0. The molecular formula is C50H44N6O2Ru. The molecule has 59 heavy (non-hydrogen) atoms. The van der Waals surface area contributed by atoms with Gasteiger partial charge in [-0.3, -0.25) is 29.9 Å². The number of hydrogen-bond donors (Lipinski definition) is 0. The van der Waals surface area contributed by atoms with Gasteiger partial charge < -0.3 is 9.47 Å². The quantitative estimate of drug-likeness (QED) is 0.132. The van der Waals surface area contributed by atoms with E-state index < -0.39 is 0 Å². The van der Waals surface area contributed by atoms with Crippen LogP contribution in [-0.4, -0.2) is 44.1 Å². The van der Waals surface area contributed by atoms with E-state index in [-0.39, 0.29) is 19.5 Å². The van der Waals surface area contributed by atoms with Crippen LogP contribution in [-0.2, 0) is 19.5 Å². The van der Waals surface area contributed by atoms with Crippen molar-refractivity contribution in [2.75, 3.05) is 14.2 Å². The third kappa shape index (κ3) is 13.0. The zero-order chi connectivity index (χ0) is 40.4. The molecule has 0 fully saturated rings. The van der Waals surface area contributed by atoms with Gasteiger partial charge in [-0.15, -0.1) is 0 Å². The molecule has 0 aliphatic heterocycles. The molecule has 0 amide bonds. The van der Waals surface area contributed by atoms with Gasteiger partial charge in [-0.2, -0.15) is 0 Å². The number of rotatable bonds is 9. The van der Waals surface area contributed by atoms with E-state index in [0.29, 0.717) is 0 Å². The second-order valence-electron chi connectivity index (χ2n) is 12.9. The van der Waals surface area contributed by atoms with Crippen LogP contribution >= 0.6 is 0 Å². The molecule has 9 heteroatoms. The maximum absolute atomic E-state index is 5.25. The first-order chi connectivity index (χ1) is 28.5. The van der Waals surface area contributed by atoms with Gasteiger partial charge in [0.1, 0.15) is 11.5 Å². The molecule has 0 unspecified atom stereocenters. The SMILES string of the molecule is COc1ccc(/C=C(\C)c2ccnc(-c3cc(/C(C)=C/c4ccc(OC)cc4)ccn3)c2)cc1.[Ru].c1ccc(-c2ccccn2)nc1.c1ccc(-c2ccccn2)nc1. The summed E-state index contributed by atoms with van der Waals surface area (Å²) in [5.74, 6) is 1.70. The summed E-state index contributed by atoms with van der Waals surface area (Å²) in [7, 11) is 3.35. The predicted molar refractivity (Wildman–Crippen MR) is 235 cm³/mol. The van der Waals surface area contributed by atoms with Gasteiger partial charge in [0.2, 0.25) is 0 Å². The molecule has 6 aromatic heterocycles. The topological polar surface area (TPSA) is 95.8 Å². The van der Waals surface area contributed by atoms with Crippen molar-refractivity contribution in [3.8, 4) is 45.7 Å². The van der Waals surface area contributed by atoms with Crippen molar-refractivity contribution in [3.63, 3.8) is 0 Å². The van der Waals surface area contributed by atoms with Crippen molar-refractivity contribution >= 4 is 23.3 Å². The summed E-state index contributed by atoms with van der Waals surface area (Å²) in [5, 5.41) is 0. The van der Waals surface area contributed by atoms with Crippen LogP contribution < -0.4 is 9.47 Å². The molecule has 0 saturated heterocycles. The van der Waals surface area contributed by atoms with E-state index >= 15 is 0 Å². The summed E-state index contributed by atoms with van der Waals surface area (Å²) >= 11 is 0. The molecule has 0 N–H and O–H groups in total. The summed E-state index contributed by atoms with van der Waals surface area (Å²) in [6.07, 6.45) is 15.1. The molecule has 0 bridgehead atoms.